The Bertz CT molecular complexity index is 777. The van der Waals surface area contributed by atoms with Gasteiger partial charge in [-0.1, -0.05) is 18.2 Å². The van der Waals surface area contributed by atoms with Crippen LogP contribution in [0.3, 0.4) is 0 Å². The van der Waals surface area contributed by atoms with Crippen molar-refractivity contribution in [1.29, 1.82) is 0 Å². The molecule has 120 valence electrons. The molecule has 3 rings (SSSR count). The summed E-state index contributed by atoms with van der Waals surface area (Å²) in [5, 5.41) is 16.9. The first-order chi connectivity index (χ1) is 11.1. The molecule has 3 N–H and O–H groups in total. The van der Waals surface area contributed by atoms with E-state index in [4.69, 9.17) is 0 Å². The van der Waals surface area contributed by atoms with Gasteiger partial charge in [-0.3, -0.25) is 0 Å². The molecule has 2 aromatic heterocycles. The van der Waals surface area contributed by atoms with E-state index in [9.17, 15) is 9.90 Å². The van der Waals surface area contributed by atoms with E-state index in [1.165, 1.54) is 4.88 Å². The quantitative estimate of drug-likeness (QED) is 0.658. The van der Waals surface area contributed by atoms with Crippen molar-refractivity contribution in [3.63, 3.8) is 0 Å². The smallest absolute Gasteiger partial charge is 0.315 e. The molecule has 0 fully saturated rings. The Morgan fingerprint density at radius 1 is 1.17 bits per heavy atom. The fourth-order valence-corrected chi connectivity index (χ4v) is 4.15. The van der Waals surface area contributed by atoms with Crippen LogP contribution in [0, 0.1) is 6.92 Å². The number of aliphatic hydroxyl groups is 1. The molecule has 1 unspecified atom stereocenters. The number of urea groups is 1. The first-order valence-electron chi connectivity index (χ1n) is 7.35. The standard InChI is InChI=1S/C17H18N2O2S2/c1-11-6-7-13(22-11)9-18-17(21)19-10-14(20)16-8-12-4-2-3-5-15(12)23-16/h2-8,14,20H,9-10H2,1H3,(H2,18,19,21). The van der Waals surface area contributed by atoms with Gasteiger partial charge >= 0.3 is 6.03 Å². The number of fused-ring (bicyclic) bond motifs is 1. The van der Waals surface area contributed by atoms with Gasteiger partial charge in [0.25, 0.3) is 0 Å². The number of thiophene rings is 2. The number of amides is 2. The summed E-state index contributed by atoms with van der Waals surface area (Å²) in [4.78, 5) is 15.0. The molecular weight excluding hydrogens is 328 g/mol. The average Bonchev–Trinajstić information content (AvgIpc) is 3.16. The van der Waals surface area contributed by atoms with Crippen molar-refractivity contribution in [3.05, 3.63) is 57.1 Å². The largest absolute Gasteiger partial charge is 0.386 e. The number of hydrogen-bond donors (Lipinski definition) is 3. The minimum atomic E-state index is -0.692. The summed E-state index contributed by atoms with van der Waals surface area (Å²) in [6.07, 6.45) is -0.692. The van der Waals surface area contributed by atoms with E-state index < -0.39 is 6.10 Å². The van der Waals surface area contributed by atoms with Crippen molar-refractivity contribution >= 4 is 38.8 Å². The van der Waals surface area contributed by atoms with Crippen molar-refractivity contribution in [2.45, 2.75) is 19.6 Å². The lowest BCUT2D eigenvalue weighted by Crippen LogP contribution is -2.37. The lowest BCUT2D eigenvalue weighted by atomic mass is 10.2. The lowest BCUT2D eigenvalue weighted by molar-refractivity contribution is 0.176. The Balaban J connectivity index is 1.49. The van der Waals surface area contributed by atoms with Gasteiger partial charge in [-0.2, -0.15) is 0 Å². The second-order valence-electron chi connectivity index (χ2n) is 5.28. The molecule has 0 radical (unpaired) electrons. The predicted octanol–water partition coefficient (Wildman–Crippen LogP) is 3.80. The van der Waals surface area contributed by atoms with E-state index in [-0.39, 0.29) is 12.6 Å². The average molecular weight is 346 g/mol. The van der Waals surface area contributed by atoms with Crippen molar-refractivity contribution in [2.24, 2.45) is 0 Å². The van der Waals surface area contributed by atoms with E-state index in [0.29, 0.717) is 6.54 Å². The highest BCUT2D eigenvalue weighted by Gasteiger charge is 2.12. The topological polar surface area (TPSA) is 61.4 Å². The van der Waals surface area contributed by atoms with E-state index in [0.717, 1.165) is 19.8 Å². The molecule has 1 aromatic carbocycles. The van der Waals surface area contributed by atoms with E-state index in [1.807, 2.05) is 49.4 Å². The van der Waals surface area contributed by atoms with E-state index in [2.05, 4.69) is 10.6 Å². The number of aryl methyl sites for hydroxylation is 1. The van der Waals surface area contributed by atoms with Crippen molar-refractivity contribution in [1.82, 2.24) is 10.6 Å². The summed E-state index contributed by atoms with van der Waals surface area (Å²) < 4.78 is 1.14. The second kappa shape index (κ2) is 7.12. The van der Waals surface area contributed by atoms with Crippen molar-refractivity contribution in [2.75, 3.05) is 6.54 Å². The van der Waals surface area contributed by atoms with Gasteiger partial charge in [0.15, 0.2) is 0 Å². The van der Waals surface area contributed by atoms with E-state index >= 15 is 0 Å². The number of hydrogen-bond acceptors (Lipinski definition) is 4. The highest BCUT2D eigenvalue weighted by Crippen LogP contribution is 2.29. The zero-order valence-electron chi connectivity index (χ0n) is 12.7. The third-order valence-corrected chi connectivity index (χ3v) is 5.67. The molecule has 0 aliphatic heterocycles. The molecule has 0 bridgehead atoms. The van der Waals surface area contributed by atoms with Crippen LogP contribution in [0.15, 0.2) is 42.5 Å². The van der Waals surface area contributed by atoms with Gasteiger partial charge in [0, 0.05) is 19.3 Å². The molecular formula is C17H18N2O2S2. The van der Waals surface area contributed by atoms with Gasteiger partial charge in [0.1, 0.15) is 6.10 Å². The summed E-state index contributed by atoms with van der Waals surface area (Å²) in [7, 11) is 0. The molecule has 0 spiro atoms. The highest BCUT2D eigenvalue weighted by atomic mass is 32.1. The maximum Gasteiger partial charge on any atom is 0.315 e. The second-order valence-corrected chi connectivity index (χ2v) is 7.77. The Hall–Kier alpha value is -1.89. The monoisotopic (exact) mass is 346 g/mol. The van der Waals surface area contributed by atoms with E-state index in [1.54, 1.807) is 22.7 Å². The first kappa shape index (κ1) is 16.0. The normalized spacial score (nSPS) is 12.3. The van der Waals surface area contributed by atoms with Crippen LogP contribution in [-0.4, -0.2) is 17.7 Å². The van der Waals surface area contributed by atoms with Gasteiger partial charge in [-0.25, -0.2) is 4.79 Å². The van der Waals surface area contributed by atoms with Gasteiger partial charge < -0.3 is 15.7 Å². The summed E-state index contributed by atoms with van der Waals surface area (Å²) >= 11 is 3.21. The zero-order valence-corrected chi connectivity index (χ0v) is 14.3. The molecule has 0 saturated heterocycles. The Kier molecular flexibility index (Phi) is 4.95. The molecule has 0 aliphatic carbocycles. The van der Waals surface area contributed by atoms with Crippen LogP contribution in [-0.2, 0) is 6.54 Å². The Morgan fingerprint density at radius 2 is 2.00 bits per heavy atom. The summed E-state index contributed by atoms with van der Waals surface area (Å²) in [5.41, 5.74) is 0. The summed E-state index contributed by atoms with van der Waals surface area (Å²) in [5.74, 6) is 0. The fraction of sp³-hybridized carbons (Fsp3) is 0.235. The molecule has 3 aromatic rings. The minimum Gasteiger partial charge on any atom is -0.386 e. The number of nitrogens with one attached hydrogen (secondary N) is 2. The van der Waals surface area contributed by atoms with Crippen LogP contribution in [0.1, 0.15) is 20.7 Å². The zero-order chi connectivity index (χ0) is 16.2. The van der Waals surface area contributed by atoms with Gasteiger partial charge in [-0.05, 0) is 36.6 Å². The number of carbonyl (C=O) groups is 1. The van der Waals surface area contributed by atoms with Gasteiger partial charge in [0.05, 0.1) is 13.1 Å². The SMILES string of the molecule is Cc1ccc(CNC(=O)NCC(O)c2cc3ccccc3s2)s1. The number of benzene rings is 1. The van der Waals surface area contributed by atoms with Gasteiger partial charge in [-0.15, -0.1) is 22.7 Å². The van der Waals surface area contributed by atoms with Crippen LogP contribution in [0.2, 0.25) is 0 Å². The summed E-state index contributed by atoms with van der Waals surface area (Å²) in [6.45, 7) is 2.74. The third-order valence-electron chi connectivity index (χ3n) is 3.45. The molecule has 0 saturated carbocycles. The highest BCUT2D eigenvalue weighted by molar-refractivity contribution is 7.19. The maximum absolute atomic E-state index is 11.8. The molecule has 6 heteroatoms. The predicted molar refractivity (Wildman–Crippen MR) is 96.1 cm³/mol. The number of rotatable bonds is 5. The van der Waals surface area contributed by atoms with Crippen LogP contribution >= 0.6 is 22.7 Å². The van der Waals surface area contributed by atoms with Crippen LogP contribution < -0.4 is 10.6 Å². The van der Waals surface area contributed by atoms with Crippen LogP contribution in [0.4, 0.5) is 4.79 Å². The number of aliphatic hydroxyl groups excluding tert-OH is 1. The van der Waals surface area contributed by atoms with Gasteiger partial charge in [0.2, 0.25) is 0 Å². The Labute approximate surface area is 142 Å². The van der Waals surface area contributed by atoms with Crippen molar-refractivity contribution < 1.29 is 9.90 Å². The Morgan fingerprint density at radius 3 is 2.74 bits per heavy atom. The fourth-order valence-electron chi connectivity index (χ4n) is 2.27. The molecule has 4 nitrogen and oxygen atoms in total. The molecule has 0 aliphatic rings. The maximum atomic E-state index is 11.8. The number of carbonyl (C=O) groups excluding carboxylic acids is 1. The molecule has 1 atom stereocenters. The summed E-state index contributed by atoms with van der Waals surface area (Å²) in [6, 6.07) is 13.7. The first-order valence-corrected chi connectivity index (χ1v) is 8.98. The van der Waals surface area contributed by atoms with Crippen molar-refractivity contribution in [3.8, 4) is 0 Å². The van der Waals surface area contributed by atoms with Crippen LogP contribution in [0.5, 0.6) is 0 Å². The third kappa shape index (κ3) is 4.10. The minimum absolute atomic E-state index is 0.197. The van der Waals surface area contributed by atoms with Crippen LogP contribution in [0.25, 0.3) is 10.1 Å². The lowest BCUT2D eigenvalue weighted by Gasteiger charge is -2.10. The molecule has 23 heavy (non-hydrogen) atoms. The molecule has 2 heterocycles. The molecule has 2 amide bonds.